The molecule has 0 fully saturated rings. The number of aryl methyl sites for hydroxylation is 1. The maximum absolute atomic E-state index is 13.4. The Kier molecular flexibility index (Phi) is 5.33. The Bertz CT molecular complexity index is 1650. The number of pyridine rings is 1. The first-order valence-electron chi connectivity index (χ1n) is 10.6. The summed E-state index contributed by atoms with van der Waals surface area (Å²) in [6.45, 7) is 1.87. The molecule has 3 heterocycles. The summed E-state index contributed by atoms with van der Waals surface area (Å²) >= 11 is 0. The van der Waals surface area contributed by atoms with Crippen LogP contribution in [0.15, 0.2) is 65.6 Å². The highest BCUT2D eigenvalue weighted by Gasteiger charge is 2.19. The van der Waals surface area contributed by atoms with Crippen LogP contribution in [0.25, 0.3) is 33.5 Å². The van der Waals surface area contributed by atoms with Crippen LogP contribution in [0.2, 0.25) is 0 Å². The van der Waals surface area contributed by atoms with Crippen molar-refractivity contribution in [3.05, 3.63) is 88.0 Å². The molecule has 2 aromatic carbocycles. The zero-order valence-corrected chi connectivity index (χ0v) is 19.1. The van der Waals surface area contributed by atoms with E-state index < -0.39 is 17.5 Å². The molecule has 0 unspecified atom stereocenters. The molecule has 0 saturated heterocycles. The lowest BCUT2D eigenvalue weighted by atomic mass is 10.1. The van der Waals surface area contributed by atoms with Crippen molar-refractivity contribution < 1.29 is 19.1 Å². The van der Waals surface area contributed by atoms with Gasteiger partial charge in [-0.3, -0.25) is 9.36 Å². The molecule has 5 rings (SSSR count). The van der Waals surface area contributed by atoms with Crippen molar-refractivity contribution in [1.29, 1.82) is 0 Å². The van der Waals surface area contributed by atoms with Crippen molar-refractivity contribution in [1.82, 2.24) is 24.4 Å². The minimum atomic E-state index is -0.659. The highest BCUT2D eigenvalue weighted by atomic mass is 16.5. The van der Waals surface area contributed by atoms with Gasteiger partial charge in [0.2, 0.25) is 0 Å². The zero-order chi connectivity index (χ0) is 24.7. The Balaban J connectivity index is 1.72. The first-order chi connectivity index (χ1) is 16.9. The summed E-state index contributed by atoms with van der Waals surface area (Å²) in [5.74, 6) is -1.32. The molecule has 10 heteroatoms. The molecular formula is C25H19N5O5. The lowest BCUT2D eigenvalue weighted by Gasteiger charge is -2.11. The average Bonchev–Trinajstić information content (AvgIpc) is 3.24. The van der Waals surface area contributed by atoms with Gasteiger partial charge in [0.05, 0.1) is 42.3 Å². The van der Waals surface area contributed by atoms with Crippen LogP contribution < -0.4 is 5.56 Å². The van der Waals surface area contributed by atoms with E-state index in [1.54, 1.807) is 10.6 Å². The van der Waals surface area contributed by atoms with E-state index in [1.807, 2.05) is 37.3 Å². The minimum Gasteiger partial charge on any atom is -0.465 e. The van der Waals surface area contributed by atoms with Gasteiger partial charge >= 0.3 is 11.9 Å². The Labute approximate surface area is 198 Å². The standard InChI is InChI=1S/C25H19N5O5/c1-14-20(15-7-5-4-6-8-15)22-27-26-21-19(30(22)28-14)9-10-29(23(21)31)18-12-16(24(32)34-2)11-17(13-18)25(33)35-3/h4-13H,1-3H3. The molecule has 0 N–H and O–H groups in total. The normalized spacial score (nSPS) is 11.1. The van der Waals surface area contributed by atoms with Gasteiger partial charge < -0.3 is 9.47 Å². The third-order valence-corrected chi connectivity index (χ3v) is 5.66. The molecule has 10 nitrogen and oxygen atoms in total. The van der Waals surface area contributed by atoms with E-state index >= 15 is 0 Å². The SMILES string of the molecule is COC(=O)c1cc(C(=O)OC)cc(-n2ccc3c(nnc4c(-c5ccccc5)c(C)nn43)c2=O)c1. The summed E-state index contributed by atoms with van der Waals surface area (Å²) in [6.07, 6.45) is 1.53. The van der Waals surface area contributed by atoms with Crippen molar-refractivity contribution in [2.24, 2.45) is 0 Å². The highest BCUT2D eigenvalue weighted by molar-refractivity contribution is 5.96. The predicted octanol–water partition coefficient (Wildman–Crippen LogP) is 2.98. The molecular weight excluding hydrogens is 450 g/mol. The number of carbonyl (C=O) groups excluding carboxylic acids is 2. The molecule has 35 heavy (non-hydrogen) atoms. The van der Waals surface area contributed by atoms with Gasteiger partial charge in [-0.15, -0.1) is 10.2 Å². The van der Waals surface area contributed by atoms with Crippen LogP contribution >= 0.6 is 0 Å². The Morgan fingerprint density at radius 2 is 1.54 bits per heavy atom. The number of aromatic nitrogens is 5. The van der Waals surface area contributed by atoms with Crippen molar-refractivity contribution >= 4 is 28.6 Å². The van der Waals surface area contributed by atoms with Gasteiger partial charge in [0, 0.05) is 6.20 Å². The summed E-state index contributed by atoms with van der Waals surface area (Å²) in [4.78, 5) is 37.7. The molecule has 0 atom stereocenters. The quantitative estimate of drug-likeness (QED) is 0.369. The maximum Gasteiger partial charge on any atom is 0.337 e. The zero-order valence-electron chi connectivity index (χ0n) is 19.1. The largest absolute Gasteiger partial charge is 0.465 e. The van der Waals surface area contributed by atoms with Crippen LogP contribution in [-0.2, 0) is 9.47 Å². The van der Waals surface area contributed by atoms with E-state index in [0.29, 0.717) is 11.2 Å². The van der Waals surface area contributed by atoms with Gasteiger partial charge in [-0.1, -0.05) is 30.3 Å². The van der Waals surface area contributed by atoms with Crippen molar-refractivity contribution in [3.8, 4) is 16.8 Å². The van der Waals surface area contributed by atoms with Crippen LogP contribution in [0.3, 0.4) is 0 Å². The van der Waals surface area contributed by atoms with E-state index in [2.05, 4.69) is 15.3 Å². The number of ether oxygens (including phenoxy) is 2. The Morgan fingerprint density at radius 1 is 0.886 bits per heavy atom. The monoisotopic (exact) mass is 469 g/mol. The fraction of sp³-hybridized carbons (Fsp3) is 0.120. The number of benzene rings is 2. The van der Waals surface area contributed by atoms with Crippen LogP contribution in [0.5, 0.6) is 0 Å². The van der Waals surface area contributed by atoms with Gasteiger partial charge in [-0.2, -0.15) is 5.10 Å². The van der Waals surface area contributed by atoms with Crippen molar-refractivity contribution in [2.45, 2.75) is 6.92 Å². The second kappa shape index (κ2) is 8.49. The second-order valence-corrected chi connectivity index (χ2v) is 7.74. The number of hydrogen-bond acceptors (Lipinski definition) is 8. The molecule has 0 aliphatic rings. The molecule has 3 aromatic heterocycles. The first-order valence-corrected chi connectivity index (χ1v) is 10.6. The molecule has 0 spiro atoms. The third kappa shape index (κ3) is 3.61. The number of fused-ring (bicyclic) bond motifs is 3. The van der Waals surface area contributed by atoms with Crippen LogP contribution in [0.4, 0.5) is 0 Å². The number of esters is 2. The van der Waals surface area contributed by atoms with Gasteiger partial charge in [0.1, 0.15) is 5.52 Å². The third-order valence-electron chi connectivity index (χ3n) is 5.66. The topological polar surface area (TPSA) is 118 Å². The smallest absolute Gasteiger partial charge is 0.337 e. The molecule has 0 radical (unpaired) electrons. The molecule has 0 bridgehead atoms. The van der Waals surface area contributed by atoms with Crippen LogP contribution in [0.1, 0.15) is 26.4 Å². The fourth-order valence-corrected chi connectivity index (χ4v) is 4.02. The Morgan fingerprint density at radius 3 is 2.17 bits per heavy atom. The number of rotatable bonds is 4. The molecule has 5 aromatic rings. The molecule has 0 aliphatic heterocycles. The van der Waals surface area contributed by atoms with Crippen LogP contribution in [-0.4, -0.2) is 50.5 Å². The minimum absolute atomic E-state index is 0.0743. The highest BCUT2D eigenvalue weighted by Crippen LogP contribution is 2.28. The molecule has 174 valence electrons. The van der Waals surface area contributed by atoms with E-state index in [1.165, 1.54) is 43.2 Å². The summed E-state index contributed by atoms with van der Waals surface area (Å²) in [5, 5.41) is 13.1. The van der Waals surface area contributed by atoms with Crippen LogP contribution in [0, 0.1) is 6.92 Å². The number of hydrogen-bond donors (Lipinski definition) is 0. The predicted molar refractivity (Wildman–Crippen MR) is 127 cm³/mol. The number of methoxy groups -OCH3 is 2. The van der Waals surface area contributed by atoms with E-state index in [-0.39, 0.29) is 22.3 Å². The molecule has 0 aliphatic carbocycles. The molecule has 0 amide bonds. The first kappa shape index (κ1) is 22.0. The van der Waals surface area contributed by atoms with E-state index in [0.717, 1.165) is 16.8 Å². The summed E-state index contributed by atoms with van der Waals surface area (Å²) < 4.78 is 12.4. The van der Waals surface area contributed by atoms with Crippen molar-refractivity contribution in [2.75, 3.05) is 14.2 Å². The average molecular weight is 469 g/mol. The van der Waals surface area contributed by atoms with Crippen molar-refractivity contribution in [3.63, 3.8) is 0 Å². The summed E-state index contributed by atoms with van der Waals surface area (Å²) in [6, 6.07) is 15.6. The Hall–Kier alpha value is -4.86. The lowest BCUT2D eigenvalue weighted by Crippen LogP contribution is -2.21. The van der Waals surface area contributed by atoms with E-state index in [4.69, 9.17) is 9.47 Å². The summed E-state index contributed by atoms with van der Waals surface area (Å²) in [7, 11) is 2.46. The second-order valence-electron chi connectivity index (χ2n) is 7.74. The van der Waals surface area contributed by atoms with E-state index in [9.17, 15) is 14.4 Å². The maximum atomic E-state index is 13.4. The van der Waals surface area contributed by atoms with Gasteiger partial charge in [0.25, 0.3) is 5.56 Å². The number of carbonyl (C=O) groups is 2. The lowest BCUT2D eigenvalue weighted by molar-refractivity contribution is 0.0599. The number of nitrogens with zero attached hydrogens (tertiary/aromatic N) is 5. The van der Waals surface area contributed by atoms with Gasteiger partial charge in [-0.05, 0) is 36.8 Å². The fourth-order valence-electron chi connectivity index (χ4n) is 4.02. The van der Waals surface area contributed by atoms with Gasteiger partial charge in [-0.25, -0.2) is 14.1 Å². The summed E-state index contributed by atoms with van der Waals surface area (Å²) in [5.41, 5.74) is 3.55. The van der Waals surface area contributed by atoms with Gasteiger partial charge in [0.15, 0.2) is 11.2 Å². The molecule has 0 saturated carbocycles.